The maximum atomic E-state index is 13.6. The standard InChI is InChI=1S/C29H37N3O2/c1-28(34)11-9-21-19(14-28)4-5-23-22(21)10-12-29(2)24(23)6-7-25(29)27(33)17-32-16-20-13-18(15-30)3-8-26(20)31-32/h3,8,13,16,19,21-25,34H,4-7,9-12,14,17H2,1-2H3. The van der Waals surface area contributed by atoms with Gasteiger partial charge in [0, 0.05) is 17.5 Å². The molecule has 1 aromatic heterocycles. The van der Waals surface area contributed by atoms with E-state index < -0.39 is 5.60 Å². The molecule has 4 saturated carbocycles. The molecule has 4 fully saturated rings. The predicted octanol–water partition coefficient (Wildman–Crippen LogP) is 5.50. The second-order valence-electron chi connectivity index (χ2n) is 12.5. The molecule has 1 N–H and O–H groups in total. The van der Waals surface area contributed by atoms with Crippen LogP contribution in [0.25, 0.3) is 10.9 Å². The van der Waals surface area contributed by atoms with Crippen LogP contribution in [0, 0.1) is 52.3 Å². The number of hydrogen-bond donors (Lipinski definition) is 1. The van der Waals surface area contributed by atoms with Crippen LogP contribution in [-0.4, -0.2) is 26.3 Å². The zero-order valence-electron chi connectivity index (χ0n) is 20.5. The number of aliphatic hydroxyl groups is 1. The van der Waals surface area contributed by atoms with Gasteiger partial charge in [-0.25, -0.2) is 0 Å². The van der Waals surface area contributed by atoms with E-state index >= 15 is 0 Å². The van der Waals surface area contributed by atoms with Crippen molar-refractivity contribution in [3.8, 4) is 6.07 Å². The van der Waals surface area contributed by atoms with E-state index in [2.05, 4.69) is 18.1 Å². The summed E-state index contributed by atoms with van der Waals surface area (Å²) in [4.78, 5) is 13.6. The number of rotatable bonds is 3. The highest BCUT2D eigenvalue weighted by Gasteiger charge is 2.58. The first-order chi connectivity index (χ1) is 16.3. The molecule has 0 amide bonds. The molecular weight excluding hydrogens is 422 g/mol. The minimum Gasteiger partial charge on any atom is -0.390 e. The first-order valence-electron chi connectivity index (χ1n) is 13.4. The van der Waals surface area contributed by atoms with Crippen molar-refractivity contribution in [3.63, 3.8) is 0 Å². The van der Waals surface area contributed by atoms with Crippen LogP contribution in [0.5, 0.6) is 0 Å². The molecule has 34 heavy (non-hydrogen) atoms. The zero-order valence-corrected chi connectivity index (χ0v) is 20.5. The number of benzene rings is 1. The van der Waals surface area contributed by atoms with Gasteiger partial charge in [-0.1, -0.05) is 6.92 Å². The number of carbonyl (C=O) groups excluding carboxylic acids is 1. The van der Waals surface area contributed by atoms with Crippen LogP contribution in [0.15, 0.2) is 24.4 Å². The lowest BCUT2D eigenvalue weighted by molar-refractivity contribution is -0.133. The highest BCUT2D eigenvalue weighted by atomic mass is 16.3. The summed E-state index contributed by atoms with van der Waals surface area (Å²) in [5.74, 6) is 4.17. The summed E-state index contributed by atoms with van der Waals surface area (Å²) in [6, 6.07) is 7.67. The van der Waals surface area contributed by atoms with Gasteiger partial charge in [0.25, 0.3) is 0 Å². The molecule has 5 heteroatoms. The highest BCUT2D eigenvalue weighted by Crippen LogP contribution is 2.64. The number of aromatic nitrogens is 2. The van der Waals surface area contributed by atoms with Gasteiger partial charge >= 0.3 is 0 Å². The van der Waals surface area contributed by atoms with Crippen molar-refractivity contribution in [1.29, 1.82) is 5.26 Å². The average molecular weight is 460 g/mol. The van der Waals surface area contributed by atoms with Gasteiger partial charge in [0.1, 0.15) is 0 Å². The molecule has 0 saturated heterocycles. The molecule has 0 bridgehead atoms. The van der Waals surface area contributed by atoms with E-state index in [0.29, 0.717) is 29.7 Å². The van der Waals surface area contributed by atoms with Crippen LogP contribution in [0.2, 0.25) is 0 Å². The Morgan fingerprint density at radius 1 is 1.12 bits per heavy atom. The lowest BCUT2D eigenvalue weighted by Gasteiger charge is -2.56. The second kappa shape index (κ2) is 7.92. The third kappa shape index (κ3) is 3.52. The molecule has 0 spiro atoms. The summed E-state index contributed by atoms with van der Waals surface area (Å²) in [5, 5.41) is 25.3. The molecule has 5 nitrogen and oxygen atoms in total. The largest absolute Gasteiger partial charge is 0.390 e. The van der Waals surface area contributed by atoms with Gasteiger partial charge in [0.2, 0.25) is 0 Å². The first-order valence-corrected chi connectivity index (χ1v) is 13.4. The molecule has 1 aromatic carbocycles. The Morgan fingerprint density at radius 3 is 2.76 bits per heavy atom. The fourth-order valence-corrected chi connectivity index (χ4v) is 9.11. The van der Waals surface area contributed by atoms with Gasteiger partial charge in [-0.05, 0) is 118 Å². The average Bonchev–Trinajstić information content (AvgIpc) is 3.37. The van der Waals surface area contributed by atoms with E-state index in [1.807, 2.05) is 25.3 Å². The smallest absolute Gasteiger partial charge is 0.157 e. The van der Waals surface area contributed by atoms with E-state index in [0.717, 1.165) is 47.9 Å². The van der Waals surface area contributed by atoms with Gasteiger partial charge in [0.15, 0.2) is 5.78 Å². The monoisotopic (exact) mass is 459 g/mol. The van der Waals surface area contributed by atoms with Crippen LogP contribution in [-0.2, 0) is 11.3 Å². The van der Waals surface area contributed by atoms with Crippen molar-refractivity contribution in [3.05, 3.63) is 30.0 Å². The van der Waals surface area contributed by atoms with Crippen LogP contribution in [0.1, 0.15) is 77.2 Å². The van der Waals surface area contributed by atoms with Gasteiger partial charge in [-0.3, -0.25) is 9.48 Å². The first kappa shape index (κ1) is 22.3. The van der Waals surface area contributed by atoms with Crippen molar-refractivity contribution in [2.45, 2.75) is 83.8 Å². The Labute approximate surface area is 202 Å². The Kier molecular flexibility index (Phi) is 5.19. The molecule has 2 aromatic rings. The van der Waals surface area contributed by atoms with Crippen molar-refractivity contribution >= 4 is 16.7 Å². The molecule has 180 valence electrons. The number of Topliss-reactive ketones (excluding diaryl/α,β-unsaturated/α-hetero) is 1. The lowest BCUT2D eigenvalue weighted by Crippen LogP contribution is -2.51. The van der Waals surface area contributed by atoms with Gasteiger partial charge in [0.05, 0.1) is 29.3 Å². The number of ketones is 1. The quantitative estimate of drug-likeness (QED) is 0.658. The van der Waals surface area contributed by atoms with E-state index in [4.69, 9.17) is 5.26 Å². The number of carbonyl (C=O) groups is 1. The van der Waals surface area contributed by atoms with E-state index in [1.54, 1.807) is 10.7 Å². The fourth-order valence-electron chi connectivity index (χ4n) is 9.11. The molecule has 0 aliphatic heterocycles. The molecule has 4 aliphatic rings. The number of hydrogen-bond acceptors (Lipinski definition) is 4. The van der Waals surface area contributed by atoms with Crippen molar-refractivity contribution < 1.29 is 9.90 Å². The molecule has 0 radical (unpaired) electrons. The number of nitriles is 1. The van der Waals surface area contributed by atoms with Crippen molar-refractivity contribution in [2.24, 2.45) is 40.9 Å². The molecule has 4 aliphatic carbocycles. The van der Waals surface area contributed by atoms with E-state index in [1.165, 1.54) is 38.5 Å². The van der Waals surface area contributed by atoms with Crippen LogP contribution < -0.4 is 0 Å². The molecule has 1 heterocycles. The maximum Gasteiger partial charge on any atom is 0.157 e. The molecular formula is C29H37N3O2. The van der Waals surface area contributed by atoms with Crippen molar-refractivity contribution in [2.75, 3.05) is 0 Å². The maximum absolute atomic E-state index is 13.6. The topological polar surface area (TPSA) is 78.9 Å². The van der Waals surface area contributed by atoms with Crippen LogP contribution in [0.3, 0.4) is 0 Å². The normalized spacial score (nSPS) is 41.4. The van der Waals surface area contributed by atoms with E-state index in [-0.39, 0.29) is 11.3 Å². The lowest BCUT2D eigenvalue weighted by atomic mass is 9.49. The molecule has 8 unspecified atom stereocenters. The summed E-state index contributed by atoms with van der Waals surface area (Å²) in [6.07, 6.45) is 12.2. The Morgan fingerprint density at radius 2 is 1.94 bits per heavy atom. The summed E-state index contributed by atoms with van der Waals surface area (Å²) < 4.78 is 1.79. The minimum absolute atomic E-state index is 0.117. The summed E-state index contributed by atoms with van der Waals surface area (Å²) >= 11 is 0. The number of nitrogens with zero attached hydrogens (tertiary/aromatic N) is 3. The summed E-state index contributed by atoms with van der Waals surface area (Å²) in [6.45, 7) is 4.78. The Hall–Kier alpha value is -2.19. The highest BCUT2D eigenvalue weighted by molar-refractivity contribution is 5.84. The third-order valence-electron chi connectivity index (χ3n) is 10.6. The zero-order chi connectivity index (χ0) is 23.7. The van der Waals surface area contributed by atoms with Gasteiger partial charge < -0.3 is 5.11 Å². The number of fused-ring (bicyclic) bond motifs is 6. The van der Waals surface area contributed by atoms with Crippen LogP contribution >= 0.6 is 0 Å². The van der Waals surface area contributed by atoms with Crippen molar-refractivity contribution in [1.82, 2.24) is 9.78 Å². The fraction of sp³-hybridized carbons (Fsp3) is 0.690. The third-order valence-corrected chi connectivity index (χ3v) is 10.6. The van der Waals surface area contributed by atoms with E-state index in [9.17, 15) is 9.90 Å². The van der Waals surface area contributed by atoms with Gasteiger partial charge in [-0.2, -0.15) is 10.4 Å². The SMILES string of the molecule is CC1(O)CCC2C(CCC3C2CCC2(C)C(C(=O)Cn4cc5cc(C#N)ccc5n4)CCC32)C1. The summed E-state index contributed by atoms with van der Waals surface area (Å²) in [5.41, 5.74) is 1.12. The minimum atomic E-state index is -0.463. The Bertz CT molecular complexity index is 1160. The second-order valence-corrected chi connectivity index (χ2v) is 12.5. The summed E-state index contributed by atoms with van der Waals surface area (Å²) in [7, 11) is 0. The van der Waals surface area contributed by atoms with Gasteiger partial charge in [-0.15, -0.1) is 0 Å². The predicted molar refractivity (Wildman–Crippen MR) is 131 cm³/mol. The molecule has 8 atom stereocenters. The Balaban J connectivity index is 1.18. The van der Waals surface area contributed by atoms with Crippen LogP contribution in [0.4, 0.5) is 0 Å². The molecule has 6 rings (SSSR count).